The fourth-order valence-corrected chi connectivity index (χ4v) is 3.75. The lowest BCUT2D eigenvalue weighted by molar-refractivity contribution is 0.0753. The topological polar surface area (TPSA) is 50.2 Å². The van der Waals surface area contributed by atoms with Gasteiger partial charge in [0.05, 0.1) is 6.04 Å². The third kappa shape index (κ3) is 4.70. The Bertz CT molecular complexity index is 493. The highest BCUT2D eigenvalue weighted by molar-refractivity contribution is 5.92. The van der Waals surface area contributed by atoms with Crippen LogP contribution in [0.4, 0.5) is 0 Å². The van der Waals surface area contributed by atoms with Crippen LogP contribution in [0.5, 0.6) is 0 Å². The van der Waals surface area contributed by atoms with Gasteiger partial charge in [0.1, 0.15) is 5.69 Å². The Morgan fingerprint density at radius 3 is 2.78 bits per heavy atom. The van der Waals surface area contributed by atoms with E-state index in [1.165, 1.54) is 38.5 Å². The van der Waals surface area contributed by atoms with Gasteiger partial charge in [-0.3, -0.25) is 9.48 Å². The van der Waals surface area contributed by atoms with E-state index in [2.05, 4.69) is 10.4 Å². The van der Waals surface area contributed by atoms with Gasteiger partial charge in [0.2, 0.25) is 0 Å². The molecule has 1 aromatic rings. The number of carbonyl (C=O) groups excluding carboxylic acids is 1. The normalized spacial score (nSPS) is 22.4. The van der Waals surface area contributed by atoms with Crippen molar-refractivity contribution in [3.05, 3.63) is 18.0 Å². The largest absolute Gasteiger partial charge is 0.340 e. The standard InChI is InChI=1S/C17H28N4O.ClH/c1-20(13-14-6-3-2-4-7-14)17(22)16-9-11-21(19-16)15-8-5-10-18-12-15;/h9,11,14-15,18H,2-8,10,12-13H2,1H3;1H. The predicted octanol–water partition coefficient (Wildman–Crippen LogP) is 2.88. The average Bonchev–Trinajstić information content (AvgIpc) is 3.06. The minimum Gasteiger partial charge on any atom is -0.340 e. The summed E-state index contributed by atoms with van der Waals surface area (Å²) in [5, 5.41) is 7.93. The van der Waals surface area contributed by atoms with E-state index >= 15 is 0 Å². The molecule has 2 heterocycles. The number of hydrogen-bond donors (Lipinski definition) is 1. The summed E-state index contributed by atoms with van der Waals surface area (Å²) in [4.78, 5) is 14.4. The molecule has 2 fully saturated rings. The summed E-state index contributed by atoms with van der Waals surface area (Å²) in [7, 11) is 1.91. The van der Waals surface area contributed by atoms with Crippen molar-refractivity contribution in [1.82, 2.24) is 20.0 Å². The van der Waals surface area contributed by atoms with Gasteiger partial charge in [-0.2, -0.15) is 5.10 Å². The number of nitrogens with zero attached hydrogens (tertiary/aromatic N) is 3. The molecule has 130 valence electrons. The van der Waals surface area contributed by atoms with Gasteiger partial charge in [0, 0.05) is 26.3 Å². The summed E-state index contributed by atoms with van der Waals surface area (Å²) < 4.78 is 1.97. The van der Waals surface area contributed by atoms with Crippen LogP contribution in [0.3, 0.4) is 0 Å². The van der Waals surface area contributed by atoms with Crippen LogP contribution in [0.2, 0.25) is 0 Å². The summed E-state index contributed by atoms with van der Waals surface area (Å²) in [5.74, 6) is 0.737. The molecule has 1 aliphatic carbocycles. The van der Waals surface area contributed by atoms with Crippen molar-refractivity contribution in [1.29, 1.82) is 0 Å². The van der Waals surface area contributed by atoms with E-state index in [9.17, 15) is 4.79 Å². The zero-order chi connectivity index (χ0) is 15.4. The maximum absolute atomic E-state index is 12.5. The number of amides is 1. The molecule has 1 atom stereocenters. The number of aromatic nitrogens is 2. The van der Waals surface area contributed by atoms with Crippen molar-refractivity contribution < 1.29 is 4.79 Å². The fraction of sp³-hybridized carbons (Fsp3) is 0.765. The van der Waals surface area contributed by atoms with Gasteiger partial charge >= 0.3 is 0 Å². The molecule has 0 radical (unpaired) electrons. The van der Waals surface area contributed by atoms with Crippen molar-refractivity contribution in [3.8, 4) is 0 Å². The first kappa shape index (κ1) is 18.3. The lowest BCUT2D eigenvalue weighted by Gasteiger charge is -2.26. The van der Waals surface area contributed by atoms with Crippen LogP contribution in [0, 0.1) is 5.92 Å². The van der Waals surface area contributed by atoms with Crippen LogP contribution in [0.1, 0.15) is 61.5 Å². The molecule has 23 heavy (non-hydrogen) atoms. The van der Waals surface area contributed by atoms with Gasteiger partial charge < -0.3 is 10.2 Å². The molecule has 0 spiro atoms. The van der Waals surface area contributed by atoms with Crippen LogP contribution >= 0.6 is 12.4 Å². The zero-order valence-electron chi connectivity index (χ0n) is 14.0. The molecule has 1 N–H and O–H groups in total. The van der Waals surface area contributed by atoms with E-state index in [-0.39, 0.29) is 18.3 Å². The molecule has 0 aromatic carbocycles. The Balaban J connectivity index is 0.00000192. The van der Waals surface area contributed by atoms with Gasteiger partial charge in [-0.1, -0.05) is 19.3 Å². The molecule has 0 bridgehead atoms. The molecule has 1 amide bonds. The third-order valence-corrected chi connectivity index (χ3v) is 5.08. The van der Waals surface area contributed by atoms with Gasteiger partial charge in [-0.15, -0.1) is 12.4 Å². The van der Waals surface area contributed by atoms with Crippen molar-refractivity contribution >= 4 is 18.3 Å². The monoisotopic (exact) mass is 340 g/mol. The summed E-state index contributed by atoms with van der Waals surface area (Å²) in [6, 6.07) is 2.26. The number of halogens is 1. The summed E-state index contributed by atoms with van der Waals surface area (Å²) in [6.07, 6.45) is 10.8. The fourth-order valence-electron chi connectivity index (χ4n) is 3.75. The van der Waals surface area contributed by atoms with Gasteiger partial charge in [0.25, 0.3) is 5.91 Å². The van der Waals surface area contributed by atoms with Crippen LogP contribution < -0.4 is 5.32 Å². The Morgan fingerprint density at radius 2 is 2.09 bits per heavy atom. The summed E-state index contributed by atoms with van der Waals surface area (Å²) in [5.41, 5.74) is 0.587. The van der Waals surface area contributed by atoms with E-state index in [4.69, 9.17) is 0 Å². The Kier molecular flexibility index (Phi) is 6.90. The highest BCUT2D eigenvalue weighted by Gasteiger charge is 2.22. The Morgan fingerprint density at radius 1 is 1.30 bits per heavy atom. The highest BCUT2D eigenvalue weighted by atomic mass is 35.5. The molecule has 1 aliphatic heterocycles. The van der Waals surface area contributed by atoms with Crippen LogP contribution in [0.25, 0.3) is 0 Å². The van der Waals surface area contributed by atoms with Gasteiger partial charge in [-0.25, -0.2) is 0 Å². The number of nitrogens with one attached hydrogen (secondary N) is 1. The average molecular weight is 341 g/mol. The predicted molar refractivity (Wildman–Crippen MR) is 94.2 cm³/mol. The van der Waals surface area contributed by atoms with Gasteiger partial charge in [-0.05, 0) is 44.2 Å². The van der Waals surface area contributed by atoms with Crippen LogP contribution in [-0.2, 0) is 0 Å². The molecule has 1 aromatic heterocycles. The van der Waals surface area contributed by atoms with Crippen molar-refractivity contribution in [2.24, 2.45) is 5.92 Å². The maximum atomic E-state index is 12.5. The molecule has 1 saturated heterocycles. The first-order valence-electron chi connectivity index (χ1n) is 8.75. The number of rotatable bonds is 4. The summed E-state index contributed by atoms with van der Waals surface area (Å²) in [6.45, 7) is 2.91. The lowest BCUT2D eigenvalue weighted by atomic mass is 9.89. The number of piperidine rings is 1. The molecule has 1 saturated carbocycles. The quantitative estimate of drug-likeness (QED) is 0.916. The van der Waals surface area contributed by atoms with Crippen LogP contribution in [0.15, 0.2) is 12.3 Å². The minimum absolute atomic E-state index is 0. The molecular formula is C17H29ClN4O. The Hall–Kier alpha value is -1.07. The minimum atomic E-state index is 0. The maximum Gasteiger partial charge on any atom is 0.274 e. The highest BCUT2D eigenvalue weighted by Crippen LogP contribution is 2.24. The van der Waals surface area contributed by atoms with E-state index in [0.29, 0.717) is 17.7 Å². The number of hydrogen-bond acceptors (Lipinski definition) is 3. The second-order valence-corrected chi connectivity index (χ2v) is 6.87. The van der Waals surface area contributed by atoms with Crippen molar-refractivity contribution in [3.63, 3.8) is 0 Å². The van der Waals surface area contributed by atoms with E-state index < -0.39 is 0 Å². The molecular weight excluding hydrogens is 312 g/mol. The lowest BCUT2D eigenvalue weighted by Crippen LogP contribution is -2.34. The zero-order valence-corrected chi connectivity index (χ0v) is 14.9. The summed E-state index contributed by atoms with van der Waals surface area (Å²) >= 11 is 0. The van der Waals surface area contributed by atoms with Crippen LogP contribution in [-0.4, -0.2) is 47.3 Å². The third-order valence-electron chi connectivity index (χ3n) is 5.08. The van der Waals surface area contributed by atoms with E-state index in [1.54, 1.807) is 0 Å². The van der Waals surface area contributed by atoms with Gasteiger partial charge in [0.15, 0.2) is 0 Å². The molecule has 1 unspecified atom stereocenters. The molecule has 6 heteroatoms. The first-order valence-corrected chi connectivity index (χ1v) is 8.75. The van der Waals surface area contributed by atoms with E-state index in [1.807, 2.05) is 28.9 Å². The smallest absolute Gasteiger partial charge is 0.274 e. The SMILES string of the molecule is CN(CC1CCCCC1)C(=O)c1ccn(C2CCCNC2)n1.Cl. The van der Waals surface area contributed by atoms with Crippen molar-refractivity contribution in [2.75, 3.05) is 26.7 Å². The van der Waals surface area contributed by atoms with E-state index in [0.717, 1.165) is 26.1 Å². The Labute approximate surface area is 145 Å². The molecule has 2 aliphatic rings. The molecule has 5 nitrogen and oxygen atoms in total. The number of carbonyl (C=O) groups is 1. The first-order chi connectivity index (χ1) is 10.7. The second-order valence-electron chi connectivity index (χ2n) is 6.87. The second kappa shape index (κ2) is 8.69. The van der Waals surface area contributed by atoms with Crippen molar-refractivity contribution in [2.45, 2.75) is 51.0 Å². The molecule has 3 rings (SSSR count).